The Hall–Kier alpha value is -1.48. The molecule has 0 aliphatic heterocycles. The van der Waals surface area contributed by atoms with Gasteiger partial charge in [0.1, 0.15) is 0 Å². The lowest BCUT2D eigenvalue weighted by Gasteiger charge is -2.23. The van der Waals surface area contributed by atoms with Crippen molar-refractivity contribution in [1.82, 2.24) is 0 Å². The number of aliphatic hydroxyl groups excluding tert-OH is 1. The average Bonchev–Trinajstić information content (AvgIpc) is 2.46. The molecule has 0 spiro atoms. The number of hydrogen-bond acceptors (Lipinski definition) is 3. The predicted octanol–water partition coefficient (Wildman–Crippen LogP) is 3.36. The minimum absolute atomic E-state index is 0.0947. The Balaban J connectivity index is 2.19. The molecular weight excluding hydrogens is 240 g/mol. The summed E-state index contributed by atoms with van der Waals surface area (Å²) < 4.78 is 5.03. The summed E-state index contributed by atoms with van der Waals surface area (Å²) in [7, 11) is 1.53. The van der Waals surface area contributed by atoms with E-state index in [0.29, 0.717) is 11.7 Å². The minimum Gasteiger partial charge on any atom is -0.504 e. The summed E-state index contributed by atoms with van der Waals surface area (Å²) >= 11 is 0. The van der Waals surface area contributed by atoms with Gasteiger partial charge in [-0.25, -0.2) is 0 Å². The number of phenols is 1. The van der Waals surface area contributed by atoms with Gasteiger partial charge in [-0.3, -0.25) is 0 Å². The second-order valence-corrected chi connectivity index (χ2v) is 5.14. The van der Waals surface area contributed by atoms with Crippen LogP contribution >= 0.6 is 0 Å². The van der Waals surface area contributed by atoms with E-state index in [1.165, 1.54) is 26.4 Å². The zero-order valence-electron chi connectivity index (χ0n) is 11.4. The molecule has 3 nitrogen and oxygen atoms in total. The molecule has 1 aromatic carbocycles. The highest BCUT2D eigenvalue weighted by Gasteiger charge is 2.17. The average molecular weight is 262 g/mol. The van der Waals surface area contributed by atoms with Gasteiger partial charge in [0.2, 0.25) is 0 Å². The summed E-state index contributed by atoms with van der Waals surface area (Å²) in [6.07, 6.45) is 8.11. The van der Waals surface area contributed by atoms with Crippen LogP contribution in [0.15, 0.2) is 23.8 Å². The maximum atomic E-state index is 9.77. The van der Waals surface area contributed by atoms with Crippen molar-refractivity contribution in [3.05, 3.63) is 29.3 Å². The van der Waals surface area contributed by atoms with Gasteiger partial charge >= 0.3 is 0 Å². The summed E-state index contributed by atoms with van der Waals surface area (Å²) in [5.41, 5.74) is 1.98. The van der Waals surface area contributed by atoms with E-state index in [2.05, 4.69) is 0 Å². The normalized spacial score (nSPS) is 17.5. The molecule has 0 amide bonds. The lowest BCUT2D eigenvalue weighted by atomic mass is 9.83. The zero-order chi connectivity index (χ0) is 13.7. The Labute approximate surface area is 114 Å². The SMILES string of the molecule is COc1ccc(C=C(CO)C2CCCCC2)cc1O. The van der Waals surface area contributed by atoms with Crippen LogP contribution in [0.25, 0.3) is 6.08 Å². The number of aliphatic hydroxyl groups is 1. The fourth-order valence-corrected chi connectivity index (χ4v) is 2.78. The molecule has 0 heterocycles. The summed E-state index contributed by atoms with van der Waals surface area (Å²) in [4.78, 5) is 0. The van der Waals surface area contributed by atoms with Crippen molar-refractivity contribution in [3.8, 4) is 11.5 Å². The van der Waals surface area contributed by atoms with E-state index in [0.717, 1.165) is 24.0 Å². The van der Waals surface area contributed by atoms with Crippen LogP contribution in [0.2, 0.25) is 0 Å². The molecule has 19 heavy (non-hydrogen) atoms. The van der Waals surface area contributed by atoms with Crippen molar-refractivity contribution in [3.63, 3.8) is 0 Å². The molecule has 0 aromatic heterocycles. The van der Waals surface area contributed by atoms with Crippen molar-refractivity contribution < 1.29 is 14.9 Å². The van der Waals surface area contributed by atoms with Crippen LogP contribution in [0.1, 0.15) is 37.7 Å². The smallest absolute Gasteiger partial charge is 0.160 e. The largest absolute Gasteiger partial charge is 0.504 e. The third kappa shape index (κ3) is 3.51. The number of methoxy groups -OCH3 is 1. The molecule has 0 radical (unpaired) electrons. The van der Waals surface area contributed by atoms with E-state index in [9.17, 15) is 10.2 Å². The van der Waals surface area contributed by atoms with Gasteiger partial charge in [-0.2, -0.15) is 0 Å². The third-order valence-corrected chi connectivity index (χ3v) is 3.87. The standard InChI is InChI=1S/C16H22O3/c1-19-16-8-7-12(10-15(16)18)9-14(11-17)13-5-3-2-4-6-13/h7-10,13,17-18H,2-6,11H2,1H3. The molecule has 0 saturated heterocycles. The van der Waals surface area contributed by atoms with Gasteiger partial charge in [-0.05, 0) is 42.0 Å². The van der Waals surface area contributed by atoms with Gasteiger partial charge in [0.25, 0.3) is 0 Å². The van der Waals surface area contributed by atoms with Crippen LogP contribution in [-0.2, 0) is 0 Å². The lowest BCUT2D eigenvalue weighted by molar-refractivity contribution is 0.295. The van der Waals surface area contributed by atoms with Crippen molar-refractivity contribution in [2.45, 2.75) is 32.1 Å². The van der Waals surface area contributed by atoms with Crippen molar-refractivity contribution in [1.29, 1.82) is 0 Å². The number of ether oxygens (including phenoxy) is 1. The summed E-state index contributed by atoms with van der Waals surface area (Å²) in [6.45, 7) is 0.0947. The second-order valence-electron chi connectivity index (χ2n) is 5.14. The monoisotopic (exact) mass is 262 g/mol. The number of phenolic OH excluding ortho intramolecular Hbond substituents is 1. The lowest BCUT2D eigenvalue weighted by Crippen LogP contribution is -2.11. The van der Waals surface area contributed by atoms with Crippen molar-refractivity contribution >= 4 is 6.08 Å². The van der Waals surface area contributed by atoms with Gasteiger partial charge in [0.15, 0.2) is 11.5 Å². The highest BCUT2D eigenvalue weighted by atomic mass is 16.5. The van der Waals surface area contributed by atoms with Gasteiger partial charge in [0.05, 0.1) is 13.7 Å². The fraction of sp³-hybridized carbons (Fsp3) is 0.500. The predicted molar refractivity (Wildman–Crippen MR) is 76.3 cm³/mol. The molecular formula is C16H22O3. The topological polar surface area (TPSA) is 49.7 Å². The Kier molecular flexibility index (Phi) is 4.86. The number of hydrogen-bond donors (Lipinski definition) is 2. The Morgan fingerprint density at radius 3 is 2.63 bits per heavy atom. The highest BCUT2D eigenvalue weighted by molar-refractivity contribution is 5.58. The zero-order valence-corrected chi connectivity index (χ0v) is 11.4. The van der Waals surface area contributed by atoms with E-state index in [1.807, 2.05) is 12.1 Å². The van der Waals surface area contributed by atoms with E-state index in [4.69, 9.17) is 4.74 Å². The van der Waals surface area contributed by atoms with E-state index < -0.39 is 0 Å². The number of benzene rings is 1. The molecule has 1 aromatic rings. The van der Waals surface area contributed by atoms with E-state index in [-0.39, 0.29) is 12.4 Å². The van der Waals surface area contributed by atoms with Gasteiger partial charge in [-0.1, -0.05) is 31.4 Å². The van der Waals surface area contributed by atoms with Crippen LogP contribution in [0.5, 0.6) is 11.5 Å². The summed E-state index contributed by atoms with van der Waals surface area (Å²) in [6, 6.07) is 5.32. The summed E-state index contributed by atoms with van der Waals surface area (Å²) in [5, 5.41) is 19.3. The summed E-state index contributed by atoms with van der Waals surface area (Å²) in [5.74, 6) is 1.10. The Morgan fingerprint density at radius 1 is 1.32 bits per heavy atom. The molecule has 0 bridgehead atoms. The van der Waals surface area contributed by atoms with Crippen molar-refractivity contribution in [2.75, 3.05) is 13.7 Å². The molecule has 3 heteroatoms. The first-order valence-corrected chi connectivity index (χ1v) is 6.93. The fourth-order valence-electron chi connectivity index (χ4n) is 2.78. The first-order valence-electron chi connectivity index (χ1n) is 6.93. The van der Waals surface area contributed by atoms with Gasteiger partial charge < -0.3 is 14.9 Å². The minimum atomic E-state index is 0.0947. The van der Waals surface area contributed by atoms with Crippen molar-refractivity contribution in [2.24, 2.45) is 5.92 Å². The molecule has 0 atom stereocenters. The quantitative estimate of drug-likeness (QED) is 0.874. The number of rotatable bonds is 4. The van der Waals surface area contributed by atoms with Gasteiger partial charge in [-0.15, -0.1) is 0 Å². The molecule has 104 valence electrons. The maximum Gasteiger partial charge on any atom is 0.160 e. The molecule has 2 rings (SSSR count). The highest BCUT2D eigenvalue weighted by Crippen LogP contribution is 2.32. The van der Waals surface area contributed by atoms with Crippen LogP contribution in [0, 0.1) is 5.92 Å². The first kappa shape index (κ1) is 13.9. The number of aromatic hydroxyl groups is 1. The molecule has 1 fully saturated rings. The van der Waals surface area contributed by atoms with Gasteiger partial charge in [0, 0.05) is 0 Å². The maximum absolute atomic E-state index is 9.77. The second kappa shape index (κ2) is 6.62. The van der Waals surface area contributed by atoms with Crippen LogP contribution in [-0.4, -0.2) is 23.9 Å². The third-order valence-electron chi connectivity index (χ3n) is 3.87. The van der Waals surface area contributed by atoms with E-state index in [1.54, 1.807) is 12.1 Å². The van der Waals surface area contributed by atoms with E-state index >= 15 is 0 Å². The van der Waals surface area contributed by atoms with Crippen LogP contribution < -0.4 is 4.74 Å². The van der Waals surface area contributed by atoms with Crippen LogP contribution in [0.3, 0.4) is 0 Å². The molecule has 2 N–H and O–H groups in total. The van der Waals surface area contributed by atoms with Crippen LogP contribution in [0.4, 0.5) is 0 Å². The molecule has 1 saturated carbocycles. The molecule has 1 aliphatic rings. The first-order chi connectivity index (χ1) is 9.24. The Bertz CT molecular complexity index is 445. The Morgan fingerprint density at radius 2 is 2.05 bits per heavy atom. The molecule has 0 unspecified atom stereocenters. The molecule has 1 aliphatic carbocycles.